The molecule has 4 heterocycles. The van der Waals surface area contributed by atoms with E-state index < -0.39 is 11.4 Å². The fourth-order valence-corrected chi connectivity index (χ4v) is 4.25. The number of carbonyl (C=O) groups is 1. The largest absolute Gasteiger partial charge is 0.444 e. The molecule has 4 rings (SSSR count). The Hall–Kier alpha value is -2.75. The number of imidazole rings is 1. The number of nitrogens with one attached hydrogen (secondary N) is 2. The third-order valence-corrected chi connectivity index (χ3v) is 5.95. The predicted octanol–water partition coefficient (Wildman–Crippen LogP) is 4.10. The zero-order valence-electron chi connectivity index (χ0n) is 19.7. The number of hydrogen-bond acceptors (Lipinski definition) is 7. The Bertz CT molecular complexity index is 967. The van der Waals surface area contributed by atoms with Gasteiger partial charge in [-0.05, 0) is 53.4 Å². The van der Waals surface area contributed by atoms with E-state index in [9.17, 15) is 9.18 Å². The minimum atomic E-state index is -0.514. The summed E-state index contributed by atoms with van der Waals surface area (Å²) in [6.07, 6.45) is 5.92. The van der Waals surface area contributed by atoms with E-state index in [1.807, 2.05) is 20.8 Å². The lowest BCUT2D eigenvalue weighted by Crippen LogP contribution is -2.44. The van der Waals surface area contributed by atoms with E-state index in [0.29, 0.717) is 31.3 Å². The molecule has 0 aromatic carbocycles. The summed E-state index contributed by atoms with van der Waals surface area (Å²) in [6, 6.07) is 0.0862. The molecule has 9 nitrogen and oxygen atoms in total. The van der Waals surface area contributed by atoms with Crippen molar-refractivity contribution in [2.24, 2.45) is 0 Å². The Kier molecular flexibility index (Phi) is 6.83. The van der Waals surface area contributed by atoms with Gasteiger partial charge in [-0.3, -0.25) is 0 Å². The van der Waals surface area contributed by atoms with E-state index in [1.165, 1.54) is 6.20 Å². The maximum absolute atomic E-state index is 14.5. The van der Waals surface area contributed by atoms with Gasteiger partial charge in [-0.25, -0.2) is 24.1 Å². The minimum Gasteiger partial charge on any atom is -0.444 e. The first-order valence-corrected chi connectivity index (χ1v) is 11.6. The molecule has 2 atom stereocenters. The average molecular weight is 461 g/mol. The van der Waals surface area contributed by atoms with E-state index in [-0.39, 0.29) is 29.9 Å². The van der Waals surface area contributed by atoms with Gasteiger partial charge in [0.2, 0.25) is 5.95 Å². The van der Waals surface area contributed by atoms with Crippen LogP contribution in [0.5, 0.6) is 0 Å². The summed E-state index contributed by atoms with van der Waals surface area (Å²) in [4.78, 5) is 30.2. The Morgan fingerprint density at radius 3 is 2.70 bits per heavy atom. The lowest BCUT2D eigenvalue weighted by Gasteiger charge is -2.33. The summed E-state index contributed by atoms with van der Waals surface area (Å²) in [5.74, 6) is 0.955. The zero-order chi connectivity index (χ0) is 23.6. The standard InChI is InChI=1S/C23H33FN6O3/c1-14-11-15(7-10-32-14)20-25-13-18(28-20)19-17(24)12-26-21(29-19)27-16-5-8-30(9-6-16)22(31)33-23(2,3)4/h12-16H,5-11H2,1-4H3,(H,25,28)(H,26,27,29). The van der Waals surface area contributed by atoms with Crippen molar-refractivity contribution in [3.05, 3.63) is 24.0 Å². The third kappa shape index (κ3) is 5.98. The second-order valence-electron chi connectivity index (χ2n) is 9.86. The summed E-state index contributed by atoms with van der Waals surface area (Å²) < 4.78 is 25.6. The maximum atomic E-state index is 14.5. The molecule has 0 saturated carbocycles. The van der Waals surface area contributed by atoms with Crippen molar-refractivity contribution >= 4 is 12.0 Å². The third-order valence-electron chi connectivity index (χ3n) is 5.95. The summed E-state index contributed by atoms with van der Waals surface area (Å²) in [7, 11) is 0. The van der Waals surface area contributed by atoms with E-state index in [1.54, 1.807) is 11.1 Å². The summed E-state index contributed by atoms with van der Waals surface area (Å²) >= 11 is 0. The van der Waals surface area contributed by atoms with Crippen LogP contribution in [0.25, 0.3) is 11.4 Å². The van der Waals surface area contributed by atoms with Crippen LogP contribution in [-0.4, -0.2) is 68.4 Å². The lowest BCUT2D eigenvalue weighted by molar-refractivity contribution is 0.0173. The van der Waals surface area contributed by atoms with Crippen molar-refractivity contribution in [1.29, 1.82) is 0 Å². The number of carbonyl (C=O) groups excluding carboxylic acids is 1. The van der Waals surface area contributed by atoms with Crippen molar-refractivity contribution in [2.45, 2.75) is 77.0 Å². The average Bonchev–Trinajstić information content (AvgIpc) is 3.24. The molecule has 0 radical (unpaired) electrons. The molecule has 33 heavy (non-hydrogen) atoms. The second kappa shape index (κ2) is 9.62. The van der Waals surface area contributed by atoms with E-state index in [0.717, 1.165) is 31.5 Å². The molecular weight excluding hydrogens is 427 g/mol. The van der Waals surface area contributed by atoms with Crippen LogP contribution in [0.4, 0.5) is 15.1 Å². The number of likely N-dealkylation sites (tertiary alicyclic amines) is 1. The zero-order valence-corrected chi connectivity index (χ0v) is 19.7. The number of nitrogens with zero attached hydrogens (tertiary/aromatic N) is 4. The molecule has 0 bridgehead atoms. The molecular formula is C23H33FN6O3. The van der Waals surface area contributed by atoms with Gasteiger partial charge in [0.1, 0.15) is 17.1 Å². The number of hydrogen-bond donors (Lipinski definition) is 2. The van der Waals surface area contributed by atoms with Crippen molar-refractivity contribution in [2.75, 3.05) is 25.0 Å². The number of aromatic nitrogens is 4. The van der Waals surface area contributed by atoms with Crippen LogP contribution in [-0.2, 0) is 9.47 Å². The second-order valence-corrected chi connectivity index (χ2v) is 9.86. The van der Waals surface area contributed by atoms with Gasteiger partial charge in [-0.15, -0.1) is 0 Å². The van der Waals surface area contributed by atoms with Gasteiger partial charge in [0.05, 0.1) is 24.2 Å². The SMILES string of the molecule is CC1CC(c2ncc(-c3nc(NC4CCN(C(=O)OC(C)(C)C)CC4)ncc3F)[nH]2)CCO1. The van der Waals surface area contributed by atoms with E-state index in [2.05, 4.69) is 32.2 Å². The monoisotopic (exact) mass is 460 g/mol. The van der Waals surface area contributed by atoms with Crippen LogP contribution in [0.15, 0.2) is 12.4 Å². The van der Waals surface area contributed by atoms with Crippen LogP contribution < -0.4 is 5.32 Å². The highest BCUT2D eigenvalue weighted by Gasteiger charge is 2.28. The van der Waals surface area contributed by atoms with Crippen molar-refractivity contribution in [3.63, 3.8) is 0 Å². The summed E-state index contributed by atoms with van der Waals surface area (Å²) in [5.41, 5.74) is 0.212. The van der Waals surface area contributed by atoms with Crippen molar-refractivity contribution in [3.8, 4) is 11.4 Å². The Labute approximate surface area is 193 Å². The number of anilines is 1. The minimum absolute atomic E-state index is 0.0862. The summed E-state index contributed by atoms with van der Waals surface area (Å²) in [6.45, 7) is 9.48. The Morgan fingerprint density at radius 2 is 2.00 bits per heavy atom. The van der Waals surface area contributed by atoms with Crippen LogP contribution in [0.2, 0.25) is 0 Å². The van der Waals surface area contributed by atoms with E-state index in [4.69, 9.17) is 9.47 Å². The molecule has 10 heteroatoms. The first kappa shape index (κ1) is 23.4. The highest BCUT2D eigenvalue weighted by atomic mass is 19.1. The number of halogens is 1. The number of H-pyrrole nitrogens is 1. The molecule has 2 aromatic heterocycles. The van der Waals surface area contributed by atoms with Crippen LogP contribution in [0.3, 0.4) is 0 Å². The molecule has 0 spiro atoms. The highest BCUT2D eigenvalue weighted by Crippen LogP contribution is 2.30. The predicted molar refractivity (Wildman–Crippen MR) is 121 cm³/mol. The molecule has 2 aliphatic heterocycles. The molecule has 2 aliphatic rings. The van der Waals surface area contributed by atoms with Gasteiger partial charge in [-0.2, -0.15) is 0 Å². The molecule has 2 N–H and O–H groups in total. The quantitative estimate of drug-likeness (QED) is 0.708. The molecule has 180 valence electrons. The smallest absolute Gasteiger partial charge is 0.410 e. The lowest BCUT2D eigenvalue weighted by atomic mass is 9.96. The van der Waals surface area contributed by atoms with Gasteiger partial charge in [0, 0.05) is 31.7 Å². The van der Waals surface area contributed by atoms with E-state index >= 15 is 0 Å². The first-order valence-electron chi connectivity index (χ1n) is 11.6. The number of aromatic amines is 1. The highest BCUT2D eigenvalue weighted by molar-refractivity contribution is 5.68. The van der Waals surface area contributed by atoms with Gasteiger partial charge in [0.15, 0.2) is 5.82 Å². The maximum Gasteiger partial charge on any atom is 0.410 e. The van der Waals surface area contributed by atoms with Gasteiger partial charge >= 0.3 is 6.09 Å². The normalized spacial score (nSPS) is 22.3. The molecule has 2 unspecified atom stereocenters. The van der Waals surface area contributed by atoms with Gasteiger partial charge in [0.25, 0.3) is 0 Å². The molecule has 2 saturated heterocycles. The van der Waals surface area contributed by atoms with Crippen LogP contribution >= 0.6 is 0 Å². The summed E-state index contributed by atoms with van der Waals surface area (Å²) in [5, 5.41) is 3.28. The molecule has 2 aromatic rings. The number of piperidine rings is 1. The van der Waals surface area contributed by atoms with Gasteiger partial charge < -0.3 is 24.7 Å². The first-order chi connectivity index (χ1) is 15.7. The van der Waals surface area contributed by atoms with Crippen molar-refractivity contribution in [1.82, 2.24) is 24.8 Å². The Balaban J connectivity index is 1.38. The van der Waals surface area contributed by atoms with Crippen LogP contribution in [0, 0.1) is 5.82 Å². The molecule has 1 amide bonds. The fourth-order valence-electron chi connectivity index (χ4n) is 4.25. The fraction of sp³-hybridized carbons (Fsp3) is 0.652. The topological polar surface area (TPSA) is 105 Å². The number of rotatable bonds is 4. The van der Waals surface area contributed by atoms with Crippen LogP contribution in [0.1, 0.15) is 65.1 Å². The Morgan fingerprint density at radius 1 is 1.24 bits per heavy atom. The molecule has 2 fully saturated rings. The van der Waals surface area contributed by atoms with Gasteiger partial charge in [-0.1, -0.05) is 0 Å². The number of ether oxygens (including phenoxy) is 2. The number of amides is 1. The molecule has 0 aliphatic carbocycles. The van der Waals surface area contributed by atoms with Crippen molar-refractivity contribution < 1.29 is 18.7 Å².